The molecule has 0 unspecified atom stereocenters. The van der Waals surface area contributed by atoms with Gasteiger partial charge in [-0.15, -0.1) is 0 Å². The molecule has 0 N–H and O–H groups in total. The Morgan fingerprint density at radius 3 is 1.79 bits per heavy atom. The molecule has 0 fully saturated rings. The monoisotopic (exact) mass is 252 g/mol. The van der Waals surface area contributed by atoms with Gasteiger partial charge >= 0.3 is 0 Å². The molecule has 0 heterocycles. The maximum Gasteiger partial charge on any atom is 0.202 e. The van der Waals surface area contributed by atoms with Crippen molar-refractivity contribution in [3.05, 3.63) is 23.3 Å². The van der Waals surface area contributed by atoms with E-state index in [0.29, 0.717) is 11.1 Å². The number of halogens is 3. The van der Waals surface area contributed by atoms with Gasteiger partial charge in [-0.25, -0.2) is 0 Å². The van der Waals surface area contributed by atoms with Crippen molar-refractivity contribution in [1.82, 2.24) is 0 Å². The highest BCUT2D eigenvalue weighted by Gasteiger charge is 2.43. The molecule has 1 rings (SSSR count). The summed E-state index contributed by atoms with van der Waals surface area (Å²) in [7, 11) is 0. The zero-order valence-corrected chi connectivity index (χ0v) is 10.5. The number of hydrogen-bond acceptors (Lipinski definition) is 1. The molecule has 0 saturated carbocycles. The normalized spacial score (nSPS) is 21.7. The summed E-state index contributed by atoms with van der Waals surface area (Å²) >= 11 is 17.6. The van der Waals surface area contributed by atoms with Gasteiger partial charge in [-0.3, -0.25) is 4.79 Å². The number of carbonyl (C=O) groups excluding carboxylic acids is 1. The van der Waals surface area contributed by atoms with Gasteiger partial charge in [-0.2, -0.15) is 0 Å². The molecule has 4 heteroatoms. The summed E-state index contributed by atoms with van der Waals surface area (Å²) in [6.07, 6.45) is 3.41. The predicted molar refractivity (Wildman–Crippen MR) is 60.9 cm³/mol. The highest BCUT2D eigenvalue weighted by atomic mass is 35.6. The van der Waals surface area contributed by atoms with Gasteiger partial charge in [0.15, 0.2) is 5.78 Å². The molecular weight excluding hydrogens is 242 g/mol. The second kappa shape index (κ2) is 3.55. The molecule has 1 aliphatic carbocycles. The number of rotatable bonds is 0. The highest BCUT2D eigenvalue weighted by molar-refractivity contribution is 6.68. The van der Waals surface area contributed by atoms with Gasteiger partial charge in [0.1, 0.15) is 0 Å². The van der Waals surface area contributed by atoms with Crippen LogP contribution in [0.15, 0.2) is 23.3 Å². The van der Waals surface area contributed by atoms with E-state index in [-0.39, 0.29) is 5.78 Å². The third-order valence-corrected chi connectivity index (χ3v) is 3.58. The van der Waals surface area contributed by atoms with Crippen LogP contribution < -0.4 is 0 Å². The second-order valence-electron chi connectivity index (χ2n) is 3.76. The van der Waals surface area contributed by atoms with Crippen LogP contribution >= 0.6 is 34.8 Å². The number of Topliss-reactive ketones (excluding diaryl/α,β-unsaturated/α-hetero) is 1. The van der Waals surface area contributed by atoms with Crippen LogP contribution in [0.5, 0.6) is 0 Å². The van der Waals surface area contributed by atoms with E-state index in [1.807, 2.05) is 0 Å². The van der Waals surface area contributed by atoms with E-state index in [1.165, 1.54) is 0 Å². The van der Waals surface area contributed by atoms with E-state index in [9.17, 15) is 4.79 Å². The second-order valence-corrected chi connectivity index (χ2v) is 6.05. The van der Waals surface area contributed by atoms with Gasteiger partial charge in [-0.1, -0.05) is 47.0 Å². The Hall–Kier alpha value is 0.0200. The van der Waals surface area contributed by atoms with Crippen molar-refractivity contribution < 1.29 is 4.79 Å². The lowest BCUT2D eigenvalue weighted by Crippen LogP contribution is -2.32. The number of hydrogen-bond donors (Lipinski definition) is 0. The summed E-state index contributed by atoms with van der Waals surface area (Å²) in [6, 6.07) is 0. The zero-order chi connectivity index (χ0) is 11.1. The lowest BCUT2D eigenvalue weighted by atomic mass is 9.81. The summed E-state index contributed by atoms with van der Waals surface area (Å²) in [5.74, 6) is 0.0109. The Bertz CT molecular complexity index is 312. The highest BCUT2D eigenvalue weighted by Crippen LogP contribution is 2.49. The first kappa shape index (κ1) is 12.1. The molecule has 1 aliphatic rings. The fourth-order valence-electron chi connectivity index (χ4n) is 1.55. The number of allylic oxidation sites excluding steroid dienone is 4. The van der Waals surface area contributed by atoms with Gasteiger partial charge in [0.2, 0.25) is 3.79 Å². The van der Waals surface area contributed by atoms with Crippen molar-refractivity contribution >= 4 is 40.6 Å². The van der Waals surface area contributed by atoms with Gasteiger partial charge in [0.05, 0.1) is 5.41 Å². The maximum atomic E-state index is 11.5. The molecule has 0 spiro atoms. The van der Waals surface area contributed by atoms with Crippen molar-refractivity contribution in [2.24, 2.45) is 5.41 Å². The average molecular weight is 254 g/mol. The van der Waals surface area contributed by atoms with Crippen molar-refractivity contribution in [2.75, 3.05) is 0 Å². The lowest BCUT2D eigenvalue weighted by molar-refractivity contribution is -0.112. The summed E-state index contributed by atoms with van der Waals surface area (Å²) in [4.78, 5) is 11.5. The van der Waals surface area contributed by atoms with Gasteiger partial charge in [0.25, 0.3) is 0 Å². The van der Waals surface area contributed by atoms with Gasteiger partial charge < -0.3 is 0 Å². The van der Waals surface area contributed by atoms with E-state index < -0.39 is 9.21 Å². The molecule has 1 nitrogen and oxygen atoms in total. The van der Waals surface area contributed by atoms with Gasteiger partial charge in [-0.05, 0) is 31.9 Å². The molecule has 0 atom stereocenters. The molecule has 0 aromatic carbocycles. The Morgan fingerprint density at radius 2 is 1.50 bits per heavy atom. The molecular formula is C10H11Cl3O. The average Bonchev–Trinajstić information content (AvgIpc) is 1.98. The standard InChI is InChI=1S/C10H11Cl3O/c1-6-4-9(3,10(11,12)13)5-7(2)8(6)14/h4-5H,1-3H3. The third-order valence-electron chi connectivity index (χ3n) is 2.36. The molecule has 0 bridgehead atoms. The number of alkyl halides is 3. The van der Waals surface area contributed by atoms with Crippen LogP contribution in [-0.2, 0) is 4.79 Å². The van der Waals surface area contributed by atoms with Crippen LogP contribution in [0.3, 0.4) is 0 Å². The third kappa shape index (κ3) is 2.00. The fraction of sp³-hybridized carbons (Fsp3) is 0.500. The van der Waals surface area contributed by atoms with E-state index >= 15 is 0 Å². The van der Waals surface area contributed by atoms with Crippen LogP contribution in [0.25, 0.3) is 0 Å². The van der Waals surface area contributed by atoms with Crippen molar-refractivity contribution in [3.63, 3.8) is 0 Å². The summed E-state index contributed by atoms with van der Waals surface area (Å²) in [5.41, 5.74) is 0.539. The molecule has 0 aliphatic heterocycles. The molecule has 0 aromatic rings. The number of carbonyl (C=O) groups is 1. The summed E-state index contributed by atoms with van der Waals surface area (Å²) in [6.45, 7) is 5.25. The molecule has 78 valence electrons. The Kier molecular flexibility index (Phi) is 3.07. The minimum atomic E-state index is -1.43. The molecule has 0 saturated heterocycles. The topological polar surface area (TPSA) is 17.1 Å². The summed E-state index contributed by atoms with van der Waals surface area (Å²) < 4.78 is -1.43. The van der Waals surface area contributed by atoms with E-state index in [1.54, 1.807) is 32.9 Å². The van der Waals surface area contributed by atoms with E-state index in [4.69, 9.17) is 34.8 Å². The molecule has 14 heavy (non-hydrogen) atoms. The van der Waals surface area contributed by atoms with Crippen molar-refractivity contribution in [2.45, 2.75) is 24.6 Å². The van der Waals surface area contributed by atoms with Gasteiger partial charge in [0, 0.05) is 0 Å². The Morgan fingerprint density at radius 1 is 1.14 bits per heavy atom. The van der Waals surface area contributed by atoms with Crippen LogP contribution in [0.1, 0.15) is 20.8 Å². The minimum absolute atomic E-state index is 0.0109. The quantitative estimate of drug-likeness (QED) is 0.600. The number of ketones is 1. The zero-order valence-electron chi connectivity index (χ0n) is 8.20. The first-order valence-corrected chi connectivity index (χ1v) is 5.31. The molecule has 0 amide bonds. The smallest absolute Gasteiger partial charge is 0.202 e. The SMILES string of the molecule is CC1=CC(C)(C(Cl)(Cl)Cl)C=C(C)C1=O. The largest absolute Gasteiger partial charge is 0.289 e. The van der Waals surface area contributed by atoms with Crippen LogP contribution in [0.2, 0.25) is 0 Å². The van der Waals surface area contributed by atoms with Crippen LogP contribution in [0.4, 0.5) is 0 Å². The Labute approximate surface area is 98.7 Å². The van der Waals surface area contributed by atoms with E-state index in [2.05, 4.69) is 0 Å². The van der Waals surface area contributed by atoms with Crippen molar-refractivity contribution in [1.29, 1.82) is 0 Å². The fourth-order valence-corrected chi connectivity index (χ4v) is 1.87. The molecule has 0 aromatic heterocycles. The van der Waals surface area contributed by atoms with Crippen LogP contribution in [-0.4, -0.2) is 9.58 Å². The Balaban J connectivity index is 3.23. The molecule has 0 radical (unpaired) electrons. The maximum absolute atomic E-state index is 11.5. The van der Waals surface area contributed by atoms with Crippen molar-refractivity contribution in [3.8, 4) is 0 Å². The first-order valence-electron chi connectivity index (χ1n) is 4.18. The first-order chi connectivity index (χ1) is 6.17. The van der Waals surface area contributed by atoms with E-state index in [0.717, 1.165) is 0 Å². The van der Waals surface area contributed by atoms with Crippen LogP contribution in [0, 0.1) is 5.41 Å². The lowest BCUT2D eigenvalue weighted by Gasteiger charge is -2.33. The predicted octanol–water partition coefficient (Wildman–Crippen LogP) is 3.84. The summed E-state index contributed by atoms with van der Waals surface area (Å²) in [5, 5.41) is 0. The minimum Gasteiger partial charge on any atom is -0.289 e.